The number of nitrogens with one attached hydrogen (secondary N) is 3. The third kappa shape index (κ3) is 27.1. The molecular weight excluding hydrogens is 1240 g/mol. The summed E-state index contributed by atoms with van der Waals surface area (Å²) in [5.41, 5.74) is 3.84. The molecule has 2 saturated heterocycles. The van der Waals surface area contributed by atoms with Crippen LogP contribution in [0, 0.1) is 0 Å². The van der Waals surface area contributed by atoms with Crippen molar-refractivity contribution in [3.63, 3.8) is 0 Å². The maximum absolute atomic E-state index is 14.6. The molecule has 1 unspecified atom stereocenters. The smallest absolute Gasteiger partial charge is 0.487 e. The highest BCUT2D eigenvalue weighted by Crippen LogP contribution is 2.50. The molecule has 5 aromatic rings. The SMILES string of the molecule is O=C(O)C(F)(F)F.O=C(O)CN1CCN(CC(=O)O)CCN(CC(=O)NCCCCCCNC(=O)[C@@H]2C[C@H](n3cc(COc4ccc(C(NCc5ccccc5)P(=O)(O)O)cc4)nn3)CN2C(=O)CN(Cc2ccccc2)Cc2ccccc2)CCN(CC(=O)O)CC1. The predicted molar refractivity (Wildman–Crippen MR) is 332 cm³/mol. The number of likely N-dealkylation sites (tertiary alicyclic amines) is 1. The van der Waals surface area contributed by atoms with E-state index in [0.29, 0.717) is 82.2 Å². The Morgan fingerprint density at radius 3 is 1.53 bits per heavy atom. The highest BCUT2D eigenvalue weighted by Gasteiger charge is 2.42. The molecule has 2 fully saturated rings. The largest absolute Gasteiger partial charge is 0.490 e. The van der Waals surface area contributed by atoms with Crippen molar-refractivity contribution >= 4 is 49.2 Å². The molecule has 0 saturated carbocycles. The van der Waals surface area contributed by atoms with Crippen molar-refractivity contribution in [1.82, 2.24) is 60.3 Å². The van der Waals surface area contributed by atoms with Crippen molar-refractivity contribution < 1.29 is 86.2 Å². The summed E-state index contributed by atoms with van der Waals surface area (Å²) >= 11 is 0. The second-order valence-corrected chi connectivity index (χ2v) is 24.3. The van der Waals surface area contributed by atoms with E-state index in [0.717, 1.165) is 29.5 Å². The Hall–Kier alpha value is -8.19. The molecule has 3 heterocycles. The van der Waals surface area contributed by atoms with Gasteiger partial charge >= 0.3 is 37.6 Å². The van der Waals surface area contributed by atoms with Gasteiger partial charge in [-0.05, 0) is 47.2 Å². The van der Waals surface area contributed by atoms with Crippen molar-refractivity contribution in [2.75, 3.05) is 105 Å². The summed E-state index contributed by atoms with van der Waals surface area (Å²) in [6.45, 7) is 3.93. The lowest BCUT2D eigenvalue weighted by molar-refractivity contribution is -0.192. The quantitative estimate of drug-likeness (QED) is 0.0226. The number of benzene rings is 4. The molecule has 0 aliphatic carbocycles. The number of carboxylic acid groups (broad SMARTS) is 4. The lowest BCUT2D eigenvalue weighted by Crippen LogP contribution is -2.49. The molecule has 506 valence electrons. The van der Waals surface area contributed by atoms with Crippen molar-refractivity contribution in [2.24, 2.45) is 0 Å². The van der Waals surface area contributed by atoms with Gasteiger partial charge in [-0.3, -0.25) is 63.1 Å². The minimum absolute atomic E-state index is 0.0168. The third-order valence-electron chi connectivity index (χ3n) is 15.3. The van der Waals surface area contributed by atoms with Crippen LogP contribution in [0.3, 0.4) is 0 Å². The van der Waals surface area contributed by atoms with Crippen LogP contribution in [0.15, 0.2) is 121 Å². The van der Waals surface area contributed by atoms with Gasteiger partial charge in [0.1, 0.15) is 29.9 Å². The summed E-state index contributed by atoms with van der Waals surface area (Å²) in [7, 11) is -4.58. The molecule has 27 nitrogen and oxygen atoms in total. The van der Waals surface area contributed by atoms with Gasteiger partial charge in [0, 0.05) is 98.0 Å². The molecule has 1 aromatic heterocycles. The van der Waals surface area contributed by atoms with E-state index in [9.17, 15) is 71.6 Å². The zero-order valence-electron chi connectivity index (χ0n) is 51.4. The first-order valence-electron chi connectivity index (χ1n) is 30.3. The molecule has 3 amide bonds. The average molecular weight is 1320 g/mol. The highest BCUT2D eigenvalue weighted by molar-refractivity contribution is 7.52. The van der Waals surface area contributed by atoms with Gasteiger partial charge in [-0.15, -0.1) is 5.10 Å². The second kappa shape index (κ2) is 37.5. The van der Waals surface area contributed by atoms with Crippen LogP contribution in [0.5, 0.6) is 5.75 Å². The van der Waals surface area contributed by atoms with Crippen LogP contribution in [0.2, 0.25) is 0 Å². The molecule has 9 N–H and O–H groups in total. The van der Waals surface area contributed by atoms with Crippen molar-refractivity contribution in [3.8, 4) is 5.75 Å². The maximum Gasteiger partial charge on any atom is 0.490 e. The number of alkyl halides is 3. The van der Waals surface area contributed by atoms with Gasteiger partial charge in [0.05, 0.1) is 45.0 Å². The number of aromatic nitrogens is 3. The van der Waals surface area contributed by atoms with Gasteiger partial charge in [-0.25, -0.2) is 9.48 Å². The zero-order valence-corrected chi connectivity index (χ0v) is 52.3. The monoisotopic (exact) mass is 1320 g/mol. The Labute approximate surface area is 536 Å². The van der Waals surface area contributed by atoms with Gasteiger partial charge < -0.3 is 50.5 Å². The van der Waals surface area contributed by atoms with Gasteiger partial charge in [-0.2, -0.15) is 13.2 Å². The molecule has 0 spiro atoms. The maximum atomic E-state index is 14.6. The summed E-state index contributed by atoms with van der Waals surface area (Å²) in [6, 6.07) is 34.4. The second-order valence-electron chi connectivity index (χ2n) is 22.6. The van der Waals surface area contributed by atoms with Crippen LogP contribution >= 0.6 is 7.60 Å². The van der Waals surface area contributed by atoms with Crippen molar-refractivity contribution in [1.29, 1.82) is 0 Å². The standard InChI is InChI=1S/C60H81N12O13P.C2HF3O2/c73-54(40-66-26-28-67(42-56(75)76)30-32-69(44-58(79)80)33-31-68(29-27-66)43-57(77)78)61-24-12-1-2-13-25-62-59(81)53-34-51(39-71(53)55(74)41-70(36-47-16-8-4-9-17-47)37-48-18-10-5-11-19-48)72-38-50(64-65-72)45-85-52-22-20-49(21-23-52)60(86(82,83)84)63-35-46-14-6-3-7-15-46;3-2(4,5)1(6)7/h3-11,14-23,38,51,53,60,63H,1-2,12-13,24-37,39-45H2,(H,61,73)(H,62,81)(H,75,76)(H,77,78)(H,79,80)(H2,82,83,84);(H,6,7)/t51-,53-,60?;/m0./s1. The molecule has 7 rings (SSSR count). The summed E-state index contributed by atoms with van der Waals surface area (Å²) < 4.78 is 51.9. The number of amides is 3. The van der Waals surface area contributed by atoms with E-state index in [4.69, 9.17) is 14.6 Å². The Morgan fingerprint density at radius 1 is 0.624 bits per heavy atom. The summed E-state index contributed by atoms with van der Waals surface area (Å²) in [5.74, 6) is -7.36. The van der Waals surface area contributed by atoms with E-state index in [1.54, 1.807) is 54.7 Å². The number of ether oxygens (including phenoxy) is 1. The van der Waals surface area contributed by atoms with Crippen LogP contribution in [0.25, 0.3) is 0 Å². The lowest BCUT2D eigenvalue weighted by atomic mass is 10.1. The molecule has 0 radical (unpaired) electrons. The van der Waals surface area contributed by atoms with Crippen LogP contribution < -0.4 is 20.7 Å². The fourth-order valence-electron chi connectivity index (χ4n) is 10.6. The normalized spacial score (nSPS) is 16.9. The number of carbonyl (C=O) groups excluding carboxylic acids is 3. The minimum atomic E-state index is -5.08. The van der Waals surface area contributed by atoms with Gasteiger partial charge in [-0.1, -0.05) is 121 Å². The number of nitrogens with zero attached hydrogens (tertiary/aromatic N) is 9. The van der Waals surface area contributed by atoms with E-state index in [2.05, 4.69) is 31.2 Å². The lowest BCUT2D eigenvalue weighted by Gasteiger charge is -2.32. The van der Waals surface area contributed by atoms with Crippen molar-refractivity contribution in [2.45, 2.75) is 82.4 Å². The number of halogens is 3. The van der Waals surface area contributed by atoms with E-state index < -0.39 is 55.5 Å². The molecule has 4 aromatic carbocycles. The van der Waals surface area contributed by atoms with Gasteiger partial charge in [0.15, 0.2) is 0 Å². The number of carboxylic acids is 4. The molecular formula is C62H82F3N12O15P. The first-order valence-corrected chi connectivity index (χ1v) is 32.0. The Bertz CT molecular complexity index is 3140. The summed E-state index contributed by atoms with van der Waals surface area (Å²) in [6.07, 6.45) is -0.236. The predicted octanol–water partition coefficient (Wildman–Crippen LogP) is 3.57. The molecule has 3 atom stereocenters. The first-order chi connectivity index (χ1) is 44.4. The highest BCUT2D eigenvalue weighted by atomic mass is 31.2. The summed E-state index contributed by atoms with van der Waals surface area (Å²) in [5, 5.41) is 53.5. The number of rotatable bonds is 31. The van der Waals surface area contributed by atoms with Crippen LogP contribution in [0.4, 0.5) is 13.2 Å². The minimum Gasteiger partial charge on any atom is -0.487 e. The van der Waals surface area contributed by atoms with E-state index in [1.165, 1.54) is 0 Å². The average Bonchev–Trinajstić information content (AvgIpc) is 1.70. The fourth-order valence-corrected chi connectivity index (χ4v) is 11.5. The topological polar surface area (TPSA) is 353 Å². The van der Waals surface area contributed by atoms with E-state index in [1.807, 2.05) is 95.9 Å². The number of hydrogen-bond donors (Lipinski definition) is 9. The van der Waals surface area contributed by atoms with Crippen LogP contribution in [-0.2, 0) is 64.4 Å². The van der Waals surface area contributed by atoms with Crippen LogP contribution in [0.1, 0.15) is 71.9 Å². The Morgan fingerprint density at radius 2 is 1.08 bits per heavy atom. The third-order valence-corrected chi connectivity index (χ3v) is 16.4. The Balaban J connectivity index is 0.00000185. The molecule has 0 bridgehead atoms. The van der Waals surface area contributed by atoms with Crippen LogP contribution in [-0.4, -0.2) is 233 Å². The number of hydrogen-bond acceptors (Lipinski definition) is 17. The van der Waals surface area contributed by atoms with Gasteiger partial charge in [0.2, 0.25) is 17.7 Å². The molecule has 2 aliphatic rings. The fraction of sp³-hybridized carbons (Fsp3) is 0.468. The van der Waals surface area contributed by atoms with E-state index >= 15 is 0 Å². The summed E-state index contributed by atoms with van der Waals surface area (Å²) in [4.78, 5) is 117. The first kappa shape index (κ1) is 73.9. The van der Waals surface area contributed by atoms with E-state index in [-0.39, 0.29) is 103 Å². The van der Waals surface area contributed by atoms with Gasteiger partial charge in [0.25, 0.3) is 0 Å². The van der Waals surface area contributed by atoms with Crippen molar-refractivity contribution in [3.05, 3.63) is 149 Å². The molecule has 93 heavy (non-hydrogen) atoms. The number of carbonyl (C=O) groups is 7. The number of unbranched alkanes of at least 4 members (excludes halogenated alkanes) is 3. The zero-order chi connectivity index (χ0) is 67.3. The molecule has 2 aliphatic heterocycles. The number of aliphatic carboxylic acids is 4. The Kier molecular flexibility index (Phi) is 29.8. The molecule has 31 heteroatoms.